The van der Waals surface area contributed by atoms with E-state index in [2.05, 4.69) is 5.32 Å². The second kappa shape index (κ2) is 4.98. The summed E-state index contributed by atoms with van der Waals surface area (Å²) in [7, 11) is 0. The fourth-order valence-corrected chi connectivity index (χ4v) is 1.23. The van der Waals surface area contributed by atoms with E-state index in [1.165, 1.54) is 12.8 Å². The molecule has 80 valence electrons. The summed E-state index contributed by atoms with van der Waals surface area (Å²) in [4.78, 5) is 21.9. The molecule has 1 aliphatic carbocycles. The molecule has 1 fully saturated rings. The predicted octanol–water partition coefficient (Wildman–Crippen LogP) is 0.414. The summed E-state index contributed by atoms with van der Waals surface area (Å²) in [5, 5.41) is 2.88. The second-order valence-electron chi connectivity index (χ2n) is 4.09. The van der Waals surface area contributed by atoms with Crippen molar-refractivity contribution in [3.05, 3.63) is 0 Å². The van der Waals surface area contributed by atoms with Crippen LogP contribution in [0.1, 0.15) is 32.6 Å². The maximum absolute atomic E-state index is 11.4. The van der Waals surface area contributed by atoms with Crippen molar-refractivity contribution in [2.75, 3.05) is 6.54 Å². The van der Waals surface area contributed by atoms with Crippen LogP contribution in [0.3, 0.4) is 0 Å². The molecule has 14 heavy (non-hydrogen) atoms. The molecule has 1 atom stereocenters. The second-order valence-corrected chi connectivity index (χ2v) is 4.09. The van der Waals surface area contributed by atoms with E-state index in [0.717, 1.165) is 6.54 Å². The number of hydrogen-bond acceptors (Lipinski definition) is 2. The van der Waals surface area contributed by atoms with Gasteiger partial charge < -0.3 is 11.1 Å². The number of carbonyl (C=O) groups excluding carboxylic acids is 2. The maximum Gasteiger partial charge on any atom is 0.222 e. The molecule has 0 spiro atoms. The normalized spacial score (nSPS) is 17.5. The maximum atomic E-state index is 11.4. The van der Waals surface area contributed by atoms with Crippen LogP contribution in [0.5, 0.6) is 0 Å². The molecule has 4 nitrogen and oxygen atoms in total. The minimum absolute atomic E-state index is 0.0400. The first-order valence-electron chi connectivity index (χ1n) is 5.15. The SMILES string of the molecule is CC(CCC(N)=O)C(=O)NCC1CC1. The Morgan fingerprint density at radius 3 is 2.64 bits per heavy atom. The van der Waals surface area contributed by atoms with Crippen LogP contribution >= 0.6 is 0 Å². The van der Waals surface area contributed by atoms with E-state index in [1.807, 2.05) is 6.92 Å². The summed E-state index contributed by atoms with van der Waals surface area (Å²) in [5.74, 6) is 0.286. The van der Waals surface area contributed by atoms with Crippen LogP contribution in [0.2, 0.25) is 0 Å². The summed E-state index contributed by atoms with van der Waals surface area (Å²) in [5.41, 5.74) is 5.00. The molecule has 0 radical (unpaired) electrons. The monoisotopic (exact) mass is 198 g/mol. The van der Waals surface area contributed by atoms with Gasteiger partial charge in [0.1, 0.15) is 0 Å². The molecule has 4 heteroatoms. The van der Waals surface area contributed by atoms with Gasteiger partial charge in [0.05, 0.1) is 0 Å². The number of nitrogens with one attached hydrogen (secondary N) is 1. The van der Waals surface area contributed by atoms with Gasteiger partial charge in [-0.25, -0.2) is 0 Å². The molecule has 2 amide bonds. The largest absolute Gasteiger partial charge is 0.370 e. The van der Waals surface area contributed by atoms with Gasteiger partial charge in [-0.2, -0.15) is 0 Å². The van der Waals surface area contributed by atoms with Crippen molar-refractivity contribution < 1.29 is 9.59 Å². The predicted molar refractivity (Wildman–Crippen MR) is 53.3 cm³/mol. The standard InChI is InChI=1S/C10H18N2O2/c1-7(2-5-9(11)13)10(14)12-6-8-3-4-8/h7-8H,2-6H2,1H3,(H2,11,13)(H,12,14). The van der Waals surface area contributed by atoms with Crippen molar-refractivity contribution in [3.8, 4) is 0 Å². The minimum atomic E-state index is -0.341. The zero-order valence-corrected chi connectivity index (χ0v) is 8.58. The lowest BCUT2D eigenvalue weighted by Gasteiger charge is -2.10. The summed E-state index contributed by atoms with van der Waals surface area (Å²) >= 11 is 0. The highest BCUT2D eigenvalue weighted by Crippen LogP contribution is 2.27. The van der Waals surface area contributed by atoms with Crippen molar-refractivity contribution in [2.24, 2.45) is 17.6 Å². The highest BCUT2D eigenvalue weighted by Gasteiger charge is 2.22. The van der Waals surface area contributed by atoms with Crippen molar-refractivity contribution in [3.63, 3.8) is 0 Å². The lowest BCUT2D eigenvalue weighted by Crippen LogP contribution is -2.31. The molecule has 0 aromatic carbocycles. The van der Waals surface area contributed by atoms with Gasteiger partial charge >= 0.3 is 0 Å². The van der Waals surface area contributed by atoms with E-state index >= 15 is 0 Å². The number of nitrogens with two attached hydrogens (primary N) is 1. The Labute approximate surface area is 84.2 Å². The molecule has 0 heterocycles. The topological polar surface area (TPSA) is 72.2 Å². The Balaban J connectivity index is 2.10. The molecule has 0 bridgehead atoms. The Morgan fingerprint density at radius 1 is 1.50 bits per heavy atom. The fourth-order valence-electron chi connectivity index (χ4n) is 1.23. The zero-order chi connectivity index (χ0) is 10.6. The lowest BCUT2D eigenvalue weighted by atomic mass is 10.0. The number of amides is 2. The molecule has 1 aliphatic rings. The Kier molecular flexibility index (Phi) is 3.92. The van der Waals surface area contributed by atoms with Crippen LogP contribution in [0.4, 0.5) is 0 Å². The van der Waals surface area contributed by atoms with E-state index in [0.29, 0.717) is 12.3 Å². The summed E-state index contributed by atoms with van der Waals surface area (Å²) in [6.07, 6.45) is 3.30. The molecular weight excluding hydrogens is 180 g/mol. The van der Waals surface area contributed by atoms with Crippen molar-refractivity contribution in [1.82, 2.24) is 5.32 Å². The summed E-state index contributed by atoms with van der Waals surface area (Å²) in [6.45, 7) is 2.62. The third kappa shape index (κ3) is 4.25. The summed E-state index contributed by atoms with van der Waals surface area (Å²) < 4.78 is 0. The van der Waals surface area contributed by atoms with Gasteiger partial charge in [0.25, 0.3) is 0 Å². The van der Waals surface area contributed by atoms with Gasteiger partial charge in [0.15, 0.2) is 0 Å². The number of carbonyl (C=O) groups is 2. The van der Waals surface area contributed by atoms with Crippen LogP contribution in [0.25, 0.3) is 0 Å². The first-order chi connectivity index (χ1) is 6.59. The van der Waals surface area contributed by atoms with Crippen LogP contribution < -0.4 is 11.1 Å². The fraction of sp³-hybridized carbons (Fsp3) is 0.800. The molecule has 0 aliphatic heterocycles. The van der Waals surface area contributed by atoms with Crippen LogP contribution in [-0.4, -0.2) is 18.4 Å². The molecule has 0 saturated heterocycles. The van der Waals surface area contributed by atoms with Crippen molar-refractivity contribution in [2.45, 2.75) is 32.6 Å². The van der Waals surface area contributed by atoms with Crippen molar-refractivity contribution >= 4 is 11.8 Å². The van der Waals surface area contributed by atoms with Gasteiger partial charge in [-0.1, -0.05) is 6.92 Å². The van der Waals surface area contributed by atoms with Crippen LogP contribution in [0.15, 0.2) is 0 Å². The van der Waals surface area contributed by atoms with Gasteiger partial charge in [-0.15, -0.1) is 0 Å². The van der Waals surface area contributed by atoms with Gasteiger partial charge in [0.2, 0.25) is 11.8 Å². The highest BCUT2D eigenvalue weighted by molar-refractivity contribution is 5.79. The molecule has 1 saturated carbocycles. The molecule has 1 unspecified atom stereocenters. The molecule has 0 aromatic heterocycles. The van der Waals surface area contributed by atoms with Crippen LogP contribution in [0, 0.1) is 11.8 Å². The van der Waals surface area contributed by atoms with Crippen molar-refractivity contribution in [1.29, 1.82) is 0 Å². The Hall–Kier alpha value is -1.06. The third-order valence-electron chi connectivity index (χ3n) is 2.53. The van der Waals surface area contributed by atoms with Gasteiger partial charge in [0, 0.05) is 18.9 Å². The molecular formula is C10H18N2O2. The first-order valence-corrected chi connectivity index (χ1v) is 5.15. The van der Waals surface area contributed by atoms with Gasteiger partial charge in [-0.05, 0) is 25.2 Å². The first kappa shape index (κ1) is 11.0. The Bertz CT molecular complexity index is 224. The number of primary amides is 1. The van der Waals surface area contributed by atoms with E-state index in [-0.39, 0.29) is 24.2 Å². The summed E-state index contributed by atoms with van der Waals surface area (Å²) in [6, 6.07) is 0. The van der Waals surface area contributed by atoms with E-state index in [9.17, 15) is 9.59 Å². The average molecular weight is 198 g/mol. The lowest BCUT2D eigenvalue weighted by molar-refractivity contribution is -0.125. The van der Waals surface area contributed by atoms with Crippen LogP contribution in [-0.2, 0) is 9.59 Å². The Morgan fingerprint density at radius 2 is 2.14 bits per heavy atom. The average Bonchev–Trinajstić information content (AvgIpc) is 2.93. The van der Waals surface area contributed by atoms with E-state index in [4.69, 9.17) is 5.73 Å². The zero-order valence-electron chi connectivity index (χ0n) is 8.58. The molecule has 1 rings (SSSR count). The van der Waals surface area contributed by atoms with E-state index < -0.39 is 0 Å². The smallest absolute Gasteiger partial charge is 0.222 e. The highest BCUT2D eigenvalue weighted by atomic mass is 16.2. The van der Waals surface area contributed by atoms with E-state index in [1.54, 1.807) is 0 Å². The quantitative estimate of drug-likeness (QED) is 0.649. The number of rotatable bonds is 6. The van der Waals surface area contributed by atoms with Gasteiger partial charge in [-0.3, -0.25) is 9.59 Å². The molecule has 0 aromatic rings. The minimum Gasteiger partial charge on any atom is -0.370 e. The third-order valence-corrected chi connectivity index (χ3v) is 2.53. The molecule has 3 N–H and O–H groups in total. The number of hydrogen-bond donors (Lipinski definition) is 2.